The Balaban J connectivity index is 1.56. The summed E-state index contributed by atoms with van der Waals surface area (Å²) >= 11 is -3.61. The van der Waals surface area contributed by atoms with Crippen molar-refractivity contribution in [3.8, 4) is 11.1 Å². The monoisotopic (exact) mass is 584 g/mol. The summed E-state index contributed by atoms with van der Waals surface area (Å²) in [6, 6.07) is 18.2. The van der Waals surface area contributed by atoms with E-state index in [0.717, 1.165) is 12.8 Å². The Hall–Kier alpha value is -1.57. The second-order valence-electron chi connectivity index (χ2n) is 14.0. The van der Waals surface area contributed by atoms with E-state index < -0.39 is 35.7 Å². The summed E-state index contributed by atoms with van der Waals surface area (Å²) in [6.45, 7) is 17.4. The van der Waals surface area contributed by atoms with Gasteiger partial charge in [-0.3, -0.25) is 0 Å². The van der Waals surface area contributed by atoms with Gasteiger partial charge in [-0.2, -0.15) is 0 Å². The van der Waals surface area contributed by atoms with Gasteiger partial charge in [0.1, 0.15) is 0 Å². The van der Waals surface area contributed by atoms with Crippen molar-refractivity contribution in [2.75, 3.05) is 0 Å². The molecule has 1 aliphatic carbocycles. The summed E-state index contributed by atoms with van der Waals surface area (Å²) in [7, 11) is -0.755. The zero-order valence-corrected chi connectivity index (χ0v) is 26.8. The molecule has 0 amide bonds. The Morgan fingerprint density at radius 3 is 1.23 bits per heavy atom. The zero-order chi connectivity index (χ0) is 27.6. The molecular formula is C32H40B2GeO4. The fourth-order valence-corrected chi connectivity index (χ4v) is 20.2. The average molecular weight is 583 g/mol. The van der Waals surface area contributed by atoms with E-state index in [1.54, 1.807) is 0 Å². The number of allylic oxidation sites excluding steroid dienone is 2. The van der Waals surface area contributed by atoms with Crippen molar-refractivity contribution >= 4 is 36.3 Å². The second-order valence-corrected chi connectivity index (χ2v) is 21.7. The Bertz CT molecular complexity index is 1310. The maximum absolute atomic E-state index is 6.97. The molecule has 7 heteroatoms. The van der Waals surface area contributed by atoms with Crippen LogP contribution >= 0.6 is 0 Å². The van der Waals surface area contributed by atoms with Crippen molar-refractivity contribution < 1.29 is 18.6 Å². The SMILES string of the molecule is CC1(C)OB([C]2=C3CCCCC3=[C](B3OC(C)(C)C(C)(C)O3)[Ge]23[c]2ccccc2-c2cccc[c]23)OC1(C)C. The number of fused-ring (bicyclic) bond motifs is 6. The molecule has 2 aromatic carbocycles. The summed E-state index contributed by atoms with van der Waals surface area (Å²) in [5.41, 5.74) is 4.05. The molecule has 1 saturated carbocycles. The van der Waals surface area contributed by atoms with Gasteiger partial charge in [-0.15, -0.1) is 0 Å². The second kappa shape index (κ2) is 8.26. The molecule has 0 radical (unpaired) electrons. The predicted molar refractivity (Wildman–Crippen MR) is 162 cm³/mol. The molecule has 4 nitrogen and oxygen atoms in total. The molecule has 3 fully saturated rings. The molecule has 0 atom stereocenters. The van der Waals surface area contributed by atoms with Gasteiger partial charge in [0.05, 0.1) is 0 Å². The van der Waals surface area contributed by atoms with E-state index in [1.807, 2.05) is 0 Å². The van der Waals surface area contributed by atoms with Crippen LogP contribution in [0, 0.1) is 0 Å². The van der Waals surface area contributed by atoms with Crippen molar-refractivity contribution in [3.05, 3.63) is 68.3 Å². The molecule has 4 aliphatic heterocycles. The maximum atomic E-state index is 6.97. The Morgan fingerprint density at radius 2 is 0.872 bits per heavy atom. The van der Waals surface area contributed by atoms with E-state index in [-0.39, 0.29) is 14.2 Å². The molecule has 0 bridgehead atoms. The third-order valence-electron chi connectivity index (χ3n) is 10.9. The molecule has 202 valence electrons. The standard InChI is InChI=1S/C32H40B2GeO4/c1-29(2)30(3,4)37-33(36-29)27-23-17-9-10-18-24(23)28(34-38-31(5,6)32(7,8)39-34)35(27)25-19-13-11-15-21(25)22-16-12-14-20-26(22)35/h11-16,19-20H,9-10,17-18H2,1-8H3. The molecule has 39 heavy (non-hydrogen) atoms. The first-order valence-corrected chi connectivity index (χ1v) is 18.9. The van der Waals surface area contributed by atoms with E-state index in [9.17, 15) is 0 Å². The van der Waals surface area contributed by atoms with Crippen molar-refractivity contribution in [1.82, 2.24) is 0 Å². The summed E-state index contributed by atoms with van der Waals surface area (Å²) in [5.74, 6) is 0. The minimum absolute atomic E-state index is 0.378. The van der Waals surface area contributed by atoms with Crippen molar-refractivity contribution in [3.63, 3.8) is 0 Å². The third kappa shape index (κ3) is 3.36. The van der Waals surface area contributed by atoms with Gasteiger partial charge >= 0.3 is 238 Å². The zero-order valence-electron chi connectivity index (χ0n) is 24.7. The summed E-state index contributed by atoms with van der Waals surface area (Å²) in [6.07, 6.45) is 4.52. The molecule has 1 spiro atoms. The third-order valence-corrected chi connectivity index (χ3v) is 21.7. The molecule has 0 aromatic heterocycles. The number of hydrogen-bond donors (Lipinski definition) is 0. The average Bonchev–Trinajstić information content (AvgIpc) is 3.48. The van der Waals surface area contributed by atoms with E-state index in [4.69, 9.17) is 18.6 Å². The van der Waals surface area contributed by atoms with Crippen LogP contribution in [0.4, 0.5) is 0 Å². The van der Waals surface area contributed by atoms with Crippen molar-refractivity contribution in [2.24, 2.45) is 0 Å². The topological polar surface area (TPSA) is 36.9 Å². The molecule has 5 aliphatic rings. The first-order valence-electron chi connectivity index (χ1n) is 14.7. The van der Waals surface area contributed by atoms with Gasteiger partial charge in [0, 0.05) is 0 Å². The van der Waals surface area contributed by atoms with E-state index >= 15 is 0 Å². The van der Waals surface area contributed by atoms with Gasteiger partial charge in [-0.1, -0.05) is 0 Å². The quantitative estimate of drug-likeness (QED) is 0.423. The van der Waals surface area contributed by atoms with Gasteiger partial charge in [0.15, 0.2) is 0 Å². The number of benzene rings is 2. The Labute approximate surface area is 237 Å². The molecule has 4 heterocycles. The van der Waals surface area contributed by atoms with Crippen LogP contribution in [0.5, 0.6) is 0 Å². The van der Waals surface area contributed by atoms with Crippen LogP contribution < -0.4 is 8.79 Å². The van der Waals surface area contributed by atoms with Crippen LogP contribution in [-0.2, 0) is 18.6 Å². The van der Waals surface area contributed by atoms with Crippen molar-refractivity contribution in [2.45, 2.75) is 103 Å². The van der Waals surface area contributed by atoms with Gasteiger partial charge in [0.2, 0.25) is 0 Å². The van der Waals surface area contributed by atoms with E-state index in [1.165, 1.54) is 52.5 Å². The van der Waals surface area contributed by atoms with E-state index in [0.29, 0.717) is 0 Å². The van der Waals surface area contributed by atoms with Crippen LogP contribution in [0.25, 0.3) is 11.1 Å². The van der Waals surface area contributed by atoms with Gasteiger partial charge < -0.3 is 0 Å². The van der Waals surface area contributed by atoms with Crippen LogP contribution in [0.2, 0.25) is 0 Å². The Kier molecular flexibility index (Phi) is 5.58. The van der Waals surface area contributed by atoms with Crippen LogP contribution in [0.15, 0.2) is 68.3 Å². The molecule has 2 saturated heterocycles. The molecule has 2 aromatic rings. The molecule has 7 rings (SSSR count). The van der Waals surface area contributed by atoms with Crippen LogP contribution in [0.3, 0.4) is 0 Å². The van der Waals surface area contributed by atoms with Gasteiger partial charge in [0.25, 0.3) is 0 Å². The molecule has 0 N–H and O–H groups in total. The van der Waals surface area contributed by atoms with Crippen LogP contribution in [-0.4, -0.2) is 49.9 Å². The summed E-state index contributed by atoms with van der Waals surface area (Å²) < 4.78 is 33.7. The normalized spacial score (nSPS) is 26.9. The fourth-order valence-electron chi connectivity index (χ4n) is 7.47. The molecular weight excluding hydrogens is 543 g/mol. The van der Waals surface area contributed by atoms with Gasteiger partial charge in [-0.05, 0) is 0 Å². The Morgan fingerprint density at radius 1 is 0.538 bits per heavy atom. The molecule has 0 unspecified atom stereocenters. The van der Waals surface area contributed by atoms with Gasteiger partial charge in [-0.25, -0.2) is 0 Å². The minimum atomic E-state index is -3.61. The van der Waals surface area contributed by atoms with Crippen LogP contribution in [0.1, 0.15) is 81.1 Å². The first-order chi connectivity index (χ1) is 18.3. The fraction of sp³-hybridized carbons (Fsp3) is 0.500. The summed E-state index contributed by atoms with van der Waals surface area (Å²) in [4.78, 5) is 0. The number of hydrogen-bond acceptors (Lipinski definition) is 4. The van der Waals surface area contributed by atoms with E-state index in [2.05, 4.69) is 104 Å². The first kappa shape index (κ1) is 26.3. The van der Waals surface area contributed by atoms with Crippen molar-refractivity contribution in [1.29, 1.82) is 0 Å². The summed E-state index contributed by atoms with van der Waals surface area (Å²) in [5, 5.41) is 0. The number of rotatable bonds is 2. The predicted octanol–water partition coefficient (Wildman–Crippen LogP) is 5.75.